The molecule has 90 valence electrons. The monoisotopic (exact) mass is 250 g/mol. The van der Waals surface area contributed by atoms with Gasteiger partial charge in [0.25, 0.3) is 0 Å². The normalized spacial score (nSPS) is 16.8. The van der Waals surface area contributed by atoms with E-state index >= 15 is 0 Å². The van der Waals surface area contributed by atoms with Crippen LogP contribution in [0.15, 0.2) is 12.6 Å². The minimum Gasteiger partial charge on any atom is -0.309 e. The predicted molar refractivity (Wildman–Crippen MR) is 70.4 cm³/mol. The summed E-state index contributed by atoms with van der Waals surface area (Å²) in [5.41, 5.74) is 2.40. The summed E-state index contributed by atoms with van der Waals surface area (Å²) in [5, 5.41) is 0.442. The van der Waals surface area contributed by atoms with E-state index in [2.05, 4.69) is 25.4 Å². The highest BCUT2D eigenvalue weighted by Crippen LogP contribution is 2.42. The van der Waals surface area contributed by atoms with Gasteiger partial charge in [0.2, 0.25) is 5.91 Å². The van der Waals surface area contributed by atoms with Crippen molar-refractivity contribution in [1.29, 1.82) is 0 Å². The lowest BCUT2D eigenvalue weighted by atomic mass is 9.90. The number of halogens is 1. The van der Waals surface area contributed by atoms with Crippen LogP contribution in [0.5, 0.6) is 0 Å². The number of nitrogens with zero attached hydrogens (tertiary/aromatic N) is 2. The van der Waals surface area contributed by atoms with Crippen molar-refractivity contribution in [3.8, 4) is 0 Å². The van der Waals surface area contributed by atoms with Gasteiger partial charge in [0.1, 0.15) is 5.15 Å². The van der Waals surface area contributed by atoms with Crippen molar-refractivity contribution in [2.24, 2.45) is 0 Å². The Kier molecular flexibility index (Phi) is 2.74. The van der Waals surface area contributed by atoms with E-state index in [1.54, 1.807) is 24.0 Å². The Labute approximate surface area is 106 Å². The molecule has 0 saturated heterocycles. The Morgan fingerprint density at radius 3 is 2.82 bits per heavy atom. The summed E-state index contributed by atoms with van der Waals surface area (Å²) in [5.74, 6) is 0.0176. The predicted octanol–water partition coefficient (Wildman–Crippen LogP) is 3.02. The van der Waals surface area contributed by atoms with Crippen LogP contribution in [0.2, 0.25) is 5.15 Å². The van der Waals surface area contributed by atoms with Crippen LogP contribution in [0, 0.1) is 0 Å². The maximum atomic E-state index is 11.7. The average Bonchev–Trinajstić information content (AvgIpc) is 2.50. The van der Waals surface area contributed by atoms with Crippen molar-refractivity contribution >= 4 is 29.3 Å². The fourth-order valence-electron chi connectivity index (χ4n) is 2.25. The van der Waals surface area contributed by atoms with Crippen molar-refractivity contribution in [2.45, 2.75) is 26.2 Å². The number of hydrogen-bond donors (Lipinski definition) is 0. The highest BCUT2D eigenvalue weighted by atomic mass is 35.5. The van der Waals surface area contributed by atoms with Crippen LogP contribution in [0.1, 0.15) is 32.0 Å². The number of aromatic nitrogens is 1. The third-order valence-electron chi connectivity index (χ3n) is 3.06. The zero-order valence-corrected chi connectivity index (χ0v) is 11.0. The Balaban J connectivity index is 2.73. The Bertz CT molecular complexity index is 508. The quantitative estimate of drug-likeness (QED) is 0.718. The lowest BCUT2D eigenvalue weighted by molar-refractivity contribution is -0.116. The first kappa shape index (κ1) is 12.1. The number of amides is 1. The van der Waals surface area contributed by atoms with Crippen LogP contribution in [0.25, 0.3) is 6.08 Å². The molecule has 1 aliphatic heterocycles. The number of pyridine rings is 1. The fourth-order valence-corrected chi connectivity index (χ4v) is 2.46. The molecule has 0 fully saturated rings. The van der Waals surface area contributed by atoms with E-state index in [9.17, 15) is 4.79 Å². The Morgan fingerprint density at radius 2 is 2.29 bits per heavy atom. The van der Waals surface area contributed by atoms with E-state index in [1.807, 2.05) is 0 Å². The van der Waals surface area contributed by atoms with Gasteiger partial charge in [-0.1, -0.05) is 38.1 Å². The van der Waals surface area contributed by atoms with Gasteiger partial charge < -0.3 is 4.90 Å². The van der Waals surface area contributed by atoms with Crippen LogP contribution in [-0.4, -0.2) is 17.4 Å². The first-order valence-corrected chi connectivity index (χ1v) is 5.86. The molecule has 0 bridgehead atoms. The second-order valence-electron chi connectivity index (χ2n) is 4.92. The van der Waals surface area contributed by atoms with Gasteiger partial charge in [-0.15, -0.1) is 0 Å². The number of carbonyl (C=O) groups is 1. The van der Waals surface area contributed by atoms with Gasteiger partial charge in [0.05, 0.1) is 11.4 Å². The van der Waals surface area contributed by atoms with Crippen LogP contribution in [0.3, 0.4) is 0 Å². The van der Waals surface area contributed by atoms with Crippen LogP contribution in [-0.2, 0) is 10.2 Å². The van der Waals surface area contributed by atoms with Crippen LogP contribution < -0.4 is 4.90 Å². The van der Waals surface area contributed by atoms with E-state index in [4.69, 9.17) is 11.6 Å². The molecule has 3 nitrogen and oxygen atoms in total. The molecule has 0 saturated carbocycles. The minimum atomic E-state index is -0.177. The van der Waals surface area contributed by atoms with Gasteiger partial charge in [-0.05, 0) is 6.07 Å². The maximum absolute atomic E-state index is 11.7. The van der Waals surface area contributed by atoms with Crippen molar-refractivity contribution in [2.75, 3.05) is 11.4 Å². The molecule has 1 aliphatic rings. The summed E-state index contributed by atoms with van der Waals surface area (Å²) in [4.78, 5) is 17.8. The van der Waals surface area contributed by atoms with Gasteiger partial charge >= 0.3 is 0 Å². The molecule has 0 aromatic carbocycles. The molecule has 0 aliphatic carbocycles. The summed E-state index contributed by atoms with van der Waals surface area (Å²) in [7, 11) is 0. The first-order valence-electron chi connectivity index (χ1n) is 5.48. The number of anilines is 1. The lowest BCUT2D eigenvalue weighted by Crippen LogP contribution is -2.32. The number of fused-ring (bicyclic) bond motifs is 1. The SMILES string of the molecule is C=Cc1cc(Cl)nc2c1N(C(C)=O)CC2(C)C. The highest BCUT2D eigenvalue weighted by Gasteiger charge is 2.39. The largest absolute Gasteiger partial charge is 0.309 e. The van der Waals surface area contributed by atoms with E-state index in [0.29, 0.717) is 11.7 Å². The summed E-state index contributed by atoms with van der Waals surface area (Å²) < 4.78 is 0. The van der Waals surface area contributed by atoms with Gasteiger partial charge in [0, 0.05) is 24.4 Å². The smallest absolute Gasteiger partial charge is 0.223 e. The number of rotatable bonds is 1. The van der Waals surface area contributed by atoms with Crippen LogP contribution >= 0.6 is 11.6 Å². The fraction of sp³-hybridized carbons (Fsp3) is 0.385. The van der Waals surface area contributed by atoms with E-state index in [1.165, 1.54) is 0 Å². The summed E-state index contributed by atoms with van der Waals surface area (Å²) in [6.07, 6.45) is 1.71. The van der Waals surface area contributed by atoms with Crippen molar-refractivity contribution < 1.29 is 4.79 Å². The Morgan fingerprint density at radius 1 is 1.65 bits per heavy atom. The van der Waals surface area contributed by atoms with Crippen molar-refractivity contribution in [3.05, 3.63) is 29.1 Å². The number of carbonyl (C=O) groups excluding carboxylic acids is 1. The van der Waals surface area contributed by atoms with Crippen molar-refractivity contribution in [1.82, 2.24) is 4.98 Å². The molecule has 17 heavy (non-hydrogen) atoms. The summed E-state index contributed by atoms with van der Waals surface area (Å²) in [6.45, 7) is 10.1. The molecule has 0 unspecified atom stereocenters. The van der Waals surface area contributed by atoms with Gasteiger partial charge in [-0.25, -0.2) is 4.98 Å². The third-order valence-corrected chi connectivity index (χ3v) is 3.25. The standard InChI is InChI=1S/C13H15ClN2O/c1-5-9-6-10(14)15-12-11(9)16(8(2)17)7-13(12,3)4/h5-6H,1,7H2,2-4H3. The minimum absolute atomic E-state index is 0.0176. The average molecular weight is 251 g/mol. The molecule has 4 heteroatoms. The highest BCUT2D eigenvalue weighted by molar-refractivity contribution is 6.29. The number of hydrogen-bond acceptors (Lipinski definition) is 2. The van der Waals surface area contributed by atoms with E-state index in [-0.39, 0.29) is 11.3 Å². The summed E-state index contributed by atoms with van der Waals surface area (Å²) >= 11 is 6.00. The zero-order chi connectivity index (χ0) is 12.8. The lowest BCUT2D eigenvalue weighted by Gasteiger charge is -2.18. The molecule has 0 atom stereocenters. The third kappa shape index (κ3) is 1.84. The molecule has 2 rings (SSSR count). The van der Waals surface area contributed by atoms with E-state index in [0.717, 1.165) is 16.9 Å². The van der Waals surface area contributed by atoms with Crippen LogP contribution in [0.4, 0.5) is 5.69 Å². The zero-order valence-electron chi connectivity index (χ0n) is 10.2. The Hall–Kier alpha value is -1.35. The molecule has 0 radical (unpaired) electrons. The molecule has 1 aromatic rings. The maximum Gasteiger partial charge on any atom is 0.223 e. The molecule has 1 aromatic heterocycles. The van der Waals surface area contributed by atoms with E-state index < -0.39 is 0 Å². The molecule has 0 N–H and O–H groups in total. The molecule has 2 heterocycles. The molecule has 1 amide bonds. The first-order chi connectivity index (χ1) is 7.86. The second-order valence-corrected chi connectivity index (χ2v) is 5.31. The van der Waals surface area contributed by atoms with Gasteiger partial charge in [-0.2, -0.15) is 0 Å². The molecular formula is C13H15ClN2O. The van der Waals surface area contributed by atoms with Crippen molar-refractivity contribution in [3.63, 3.8) is 0 Å². The molecule has 0 spiro atoms. The molecular weight excluding hydrogens is 236 g/mol. The second kappa shape index (κ2) is 3.84. The topological polar surface area (TPSA) is 33.2 Å². The summed E-state index contributed by atoms with van der Waals surface area (Å²) in [6, 6.07) is 1.74. The van der Waals surface area contributed by atoms with Gasteiger partial charge in [0.15, 0.2) is 0 Å². The van der Waals surface area contributed by atoms with Gasteiger partial charge in [-0.3, -0.25) is 4.79 Å².